The summed E-state index contributed by atoms with van der Waals surface area (Å²) in [6.07, 6.45) is 2.73. The standard InChI is InChI=1S/C31H33ClN6O4/c1-3-27(40)33-29-25-10-5-4-7-21(25)11-12-26(29)37-15-13-20(2)38(28(41)19-36-18-24(14-16-39)34-35-36)30(31(37)42)22-8-6-9-23(32)17-22/h4-12,17-18,20,30,39H,3,13-16,19H2,1-2H3,(H,33,40). The molecule has 1 aliphatic heterocycles. The average molecular weight is 589 g/mol. The van der Waals surface area contributed by atoms with Gasteiger partial charge in [-0.3, -0.25) is 14.4 Å². The summed E-state index contributed by atoms with van der Waals surface area (Å²) in [7, 11) is 0. The van der Waals surface area contributed by atoms with E-state index in [1.165, 1.54) is 4.68 Å². The van der Waals surface area contributed by atoms with E-state index in [-0.39, 0.29) is 43.3 Å². The molecule has 218 valence electrons. The third-order valence-corrected chi connectivity index (χ3v) is 7.75. The number of amides is 3. The lowest BCUT2D eigenvalue weighted by molar-refractivity contribution is -0.142. The summed E-state index contributed by atoms with van der Waals surface area (Å²) < 4.78 is 1.42. The smallest absolute Gasteiger partial charge is 0.254 e. The van der Waals surface area contributed by atoms with E-state index in [4.69, 9.17) is 11.6 Å². The van der Waals surface area contributed by atoms with Crippen molar-refractivity contribution in [3.05, 3.63) is 83.1 Å². The molecular weight excluding hydrogens is 556 g/mol. The Balaban J connectivity index is 1.59. The number of aromatic nitrogens is 3. The van der Waals surface area contributed by atoms with Crippen molar-refractivity contribution >= 4 is 51.5 Å². The lowest BCUT2D eigenvalue weighted by Crippen LogP contribution is -2.46. The van der Waals surface area contributed by atoms with Crippen LogP contribution < -0.4 is 10.2 Å². The Bertz CT molecular complexity index is 1620. The number of benzene rings is 3. The summed E-state index contributed by atoms with van der Waals surface area (Å²) in [5, 5.41) is 22.5. The van der Waals surface area contributed by atoms with Crippen molar-refractivity contribution in [1.29, 1.82) is 0 Å². The maximum absolute atomic E-state index is 14.6. The van der Waals surface area contributed by atoms with Crippen LogP contribution in [0.4, 0.5) is 11.4 Å². The zero-order valence-corrected chi connectivity index (χ0v) is 24.3. The molecule has 3 aromatic carbocycles. The third-order valence-electron chi connectivity index (χ3n) is 7.51. The lowest BCUT2D eigenvalue weighted by atomic mass is 10.0. The molecule has 0 saturated carbocycles. The molecule has 5 rings (SSSR count). The monoisotopic (exact) mass is 588 g/mol. The van der Waals surface area contributed by atoms with E-state index >= 15 is 0 Å². The number of anilines is 2. The predicted molar refractivity (Wildman–Crippen MR) is 161 cm³/mol. The van der Waals surface area contributed by atoms with Gasteiger partial charge in [0.2, 0.25) is 11.8 Å². The van der Waals surface area contributed by atoms with Crippen molar-refractivity contribution in [2.24, 2.45) is 0 Å². The second-order valence-corrected chi connectivity index (χ2v) is 10.8. The zero-order valence-electron chi connectivity index (χ0n) is 23.5. The molecular formula is C31H33ClN6O4. The average Bonchev–Trinajstić information content (AvgIpc) is 3.37. The van der Waals surface area contributed by atoms with Gasteiger partial charge in [-0.2, -0.15) is 0 Å². The van der Waals surface area contributed by atoms with Crippen molar-refractivity contribution in [3.63, 3.8) is 0 Å². The van der Waals surface area contributed by atoms with E-state index in [1.54, 1.807) is 47.2 Å². The lowest BCUT2D eigenvalue weighted by Gasteiger charge is -2.34. The van der Waals surface area contributed by atoms with E-state index in [9.17, 15) is 19.5 Å². The van der Waals surface area contributed by atoms with Crippen molar-refractivity contribution in [2.45, 2.75) is 51.7 Å². The van der Waals surface area contributed by atoms with Gasteiger partial charge < -0.3 is 20.2 Å². The molecule has 42 heavy (non-hydrogen) atoms. The van der Waals surface area contributed by atoms with Gasteiger partial charge in [-0.25, -0.2) is 4.68 Å². The van der Waals surface area contributed by atoms with Crippen LogP contribution in [-0.4, -0.2) is 61.9 Å². The number of rotatable bonds is 8. The Labute approximate surface area is 248 Å². The molecule has 3 amide bonds. The van der Waals surface area contributed by atoms with Crippen molar-refractivity contribution in [3.8, 4) is 0 Å². The van der Waals surface area contributed by atoms with Crippen molar-refractivity contribution < 1.29 is 19.5 Å². The fourth-order valence-corrected chi connectivity index (χ4v) is 5.60. The van der Waals surface area contributed by atoms with Crippen LogP contribution in [0.5, 0.6) is 0 Å². The van der Waals surface area contributed by atoms with E-state index < -0.39 is 6.04 Å². The fourth-order valence-electron chi connectivity index (χ4n) is 5.40. The number of halogens is 1. The minimum absolute atomic E-state index is 0.0769. The van der Waals surface area contributed by atoms with Gasteiger partial charge in [-0.1, -0.05) is 66.2 Å². The summed E-state index contributed by atoms with van der Waals surface area (Å²) in [4.78, 5) is 44.4. The number of carbonyl (C=O) groups excluding carboxylic acids is 3. The van der Waals surface area contributed by atoms with Crippen molar-refractivity contribution in [1.82, 2.24) is 19.9 Å². The minimum Gasteiger partial charge on any atom is -0.396 e. The maximum atomic E-state index is 14.6. The molecule has 0 spiro atoms. The van der Waals surface area contributed by atoms with Gasteiger partial charge in [0, 0.05) is 48.6 Å². The minimum atomic E-state index is -0.977. The van der Waals surface area contributed by atoms with E-state index in [0.29, 0.717) is 47.0 Å². The van der Waals surface area contributed by atoms with Gasteiger partial charge in [-0.15, -0.1) is 5.10 Å². The second-order valence-electron chi connectivity index (χ2n) is 10.3. The normalized spacial score (nSPS) is 17.4. The summed E-state index contributed by atoms with van der Waals surface area (Å²) >= 11 is 6.38. The number of nitrogens with zero attached hydrogens (tertiary/aromatic N) is 5. The van der Waals surface area contributed by atoms with Crippen LogP contribution in [0, 0.1) is 0 Å². The number of aliphatic hydroxyl groups excluding tert-OH is 1. The van der Waals surface area contributed by atoms with Gasteiger partial charge in [0.1, 0.15) is 12.6 Å². The number of hydrogen-bond donors (Lipinski definition) is 2. The first-order valence-corrected chi connectivity index (χ1v) is 14.4. The largest absolute Gasteiger partial charge is 0.396 e. The summed E-state index contributed by atoms with van der Waals surface area (Å²) in [6.45, 7) is 3.83. The fraction of sp³-hybridized carbons (Fsp3) is 0.323. The van der Waals surface area contributed by atoms with Gasteiger partial charge in [0.25, 0.3) is 5.91 Å². The quantitative estimate of drug-likeness (QED) is 0.315. The van der Waals surface area contributed by atoms with Crippen LogP contribution >= 0.6 is 11.6 Å². The first-order chi connectivity index (χ1) is 20.3. The molecule has 0 radical (unpaired) electrons. The van der Waals surface area contributed by atoms with Crippen LogP contribution in [0.15, 0.2) is 66.9 Å². The van der Waals surface area contributed by atoms with E-state index in [2.05, 4.69) is 15.6 Å². The molecule has 0 bridgehead atoms. The van der Waals surface area contributed by atoms with Crippen LogP contribution in [0.25, 0.3) is 10.8 Å². The summed E-state index contributed by atoms with van der Waals surface area (Å²) in [6, 6.07) is 17.2. The number of fused-ring (bicyclic) bond motifs is 1. The Kier molecular flexibility index (Phi) is 8.84. The molecule has 11 heteroatoms. The zero-order chi connectivity index (χ0) is 29.8. The van der Waals surface area contributed by atoms with Gasteiger partial charge in [-0.05, 0) is 42.5 Å². The molecule has 2 heterocycles. The Morgan fingerprint density at radius 2 is 1.93 bits per heavy atom. The Hall–Kier alpha value is -4.28. The highest BCUT2D eigenvalue weighted by molar-refractivity contribution is 6.30. The number of carbonyl (C=O) groups is 3. The van der Waals surface area contributed by atoms with Gasteiger partial charge >= 0.3 is 0 Å². The van der Waals surface area contributed by atoms with Crippen molar-refractivity contribution in [2.75, 3.05) is 23.4 Å². The first-order valence-electron chi connectivity index (χ1n) is 14.0. The van der Waals surface area contributed by atoms with Crippen LogP contribution in [0.1, 0.15) is 44.0 Å². The first kappa shape index (κ1) is 29.2. The van der Waals surface area contributed by atoms with Crippen LogP contribution in [0.2, 0.25) is 5.02 Å². The van der Waals surface area contributed by atoms with Crippen LogP contribution in [-0.2, 0) is 27.3 Å². The second kappa shape index (κ2) is 12.7. The number of nitrogens with one attached hydrogen (secondary N) is 1. The molecule has 1 aromatic heterocycles. The van der Waals surface area contributed by atoms with Gasteiger partial charge in [0.05, 0.1) is 17.1 Å². The van der Waals surface area contributed by atoms with E-state index in [0.717, 1.165) is 10.8 Å². The Morgan fingerprint density at radius 3 is 2.69 bits per heavy atom. The molecule has 2 N–H and O–H groups in total. The number of hydrogen-bond acceptors (Lipinski definition) is 6. The van der Waals surface area contributed by atoms with E-state index in [1.807, 2.05) is 43.3 Å². The highest BCUT2D eigenvalue weighted by atomic mass is 35.5. The third kappa shape index (κ3) is 6.00. The molecule has 2 atom stereocenters. The molecule has 4 aromatic rings. The highest BCUT2D eigenvalue weighted by Crippen LogP contribution is 2.39. The van der Waals surface area contributed by atoms with Gasteiger partial charge in [0.15, 0.2) is 0 Å². The number of aliphatic hydroxyl groups is 1. The highest BCUT2D eigenvalue weighted by Gasteiger charge is 2.41. The molecule has 1 aliphatic rings. The molecule has 1 saturated heterocycles. The molecule has 1 fully saturated rings. The molecule has 0 aliphatic carbocycles. The molecule has 2 unspecified atom stereocenters. The van der Waals surface area contributed by atoms with Crippen LogP contribution in [0.3, 0.4) is 0 Å². The maximum Gasteiger partial charge on any atom is 0.254 e. The molecule has 10 nitrogen and oxygen atoms in total. The predicted octanol–water partition coefficient (Wildman–Crippen LogP) is 4.36. The summed E-state index contributed by atoms with van der Waals surface area (Å²) in [5.74, 6) is -0.780. The summed E-state index contributed by atoms with van der Waals surface area (Å²) in [5.41, 5.74) is 2.28. The topological polar surface area (TPSA) is 121 Å². The SMILES string of the molecule is CCC(=O)Nc1c(N2CCC(C)N(C(=O)Cn3cc(CCO)nn3)C(c3cccc(Cl)c3)C2=O)ccc2ccccc12. The Morgan fingerprint density at radius 1 is 1.12 bits per heavy atom.